The Morgan fingerprint density at radius 1 is 1.06 bits per heavy atom. The lowest BCUT2D eigenvalue weighted by molar-refractivity contribution is -0.122. The SMILES string of the molecule is O=C(Cn1nc(-c2ccccc2)c2c1C(=O)NC2c1cccnc1)NC1CCc2ccccc21. The molecule has 7 heteroatoms. The predicted octanol–water partition coefficient (Wildman–Crippen LogP) is 3.58. The molecule has 0 fully saturated rings. The number of amides is 2. The molecule has 2 N–H and O–H groups in total. The topological polar surface area (TPSA) is 88.9 Å². The van der Waals surface area contributed by atoms with E-state index >= 15 is 0 Å². The first-order chi connectivity index (χ1) is 16.7. The monoisotopic (exact) mass is 449 g/mol. The van der Waals surface area contributed by atoms with Crippen LogP contribution < -0.4 is 10.6 Å². The van der Waals surface area contributed by atoms with Gasteiger partial charge < -0.3 is 10.6 Å². The number of pyridine rings is 1. The molecule has 0 saturated carbocycles. The molecule has 2 atom stereocenters. The molecule has 2 amide bonds. The molecule has 34 heavy (non-hydrogen) atoms. The summed E-state index contributed by atoms with van der Waals surface area (Å²) in [6, 6.07) is 21.3. The number of carbonyl (C=O) groups excluding carboxylic acids is 2. The maximum Gasteiger partial charge on any atom is 0.270 e. The third-order valence-corrected chi connectivity index (χ3v) is 6.59. The normalized spacial score (nSPS) is 18.3. The maximum atomic E-state index is 13.1. The molecule has 1 aliphatic carbocycles. The van der Waals surface area contributed by atoms with Gasteiger partial charge in [0.1, 0.15) is 12.2 Å². The van der Waals surface area contributed by atoms with Gasteiger partial charge in [0.25, 0.3) is 5.91 Å². The molecule has 0 radical (unpaired) electrons. The highest BCUT2D eigenvalue weighted by Gasteiger charge is 2.38. The molecule has 0 saturated heterocycles. The first-order valence-electron chi connectivity index (χ1n) is 11.4. The second kappa shape index (κ2) is 8.26. The molecule has 2 aromatic carbocycles. The van der Waals surface area contributed by atoms with E-state index in [4.69, 9.17) is 5.10 Å². The molecule has 168 valence electrons. The minimum atomic E-state index is -0.370. The summed E-state index contributed by atoms with van der Waals surface area (Å²) in [7, 11) is 0. The summed E-state index contributed by atoms with van der Waals surface area (Å²) in [5, 5.41) is 11.0. The van der Waals surface area contributed by atoms with Gasteiger partial charge in [-0.3, -0.25) is 14.6 Å². The minimum absolute atomic E-state index is 0.0159. The molecule has 1 aliphatic heterocycles. The molecule has 2 aliphatic rings. The summed E-state index contributed by atoms with van der Waals surface area (Å²) in [4.78, 5) is 30.4. The molecule has 3 heterocycles. The van der Waals surface area contributed by atoms with E-state index in [0.29, 0.717) is 11.4 Å². The van der Waals surface area contributed by atoms with E-state index in [1.807, 2.05) is 54.6 Å². The van der Waals surface area contributed by atoms with Crippen LogP contribution in [-0.2, 0) is 17.8 Å². The van der Waals surface area contributed by atoms with E-state index < -0.39 is 0 Å². The van der Waals surface area contributed by atoms with E-state index in [2.05, 4.69) is 27.8 Å². The summed E-state index contributed by atoms with van der Waals surface area (Å²) >= 11 is 0. The molecular formula is C27H23N5O2. The van der Waals surface area contributed by atoms with Gasteiger partial charge in [-0.25, -0.2) is 4.68 Å². The standard InChI is InChI=1S/C27H23N5O2/c33-22(29-21-13-12-17-7-4-5-11-20(17)21)16-32-26-23(25(31-32)18-8-2-1-3-9-18)24(30-27(26)34)19-10-6-14-28-15-19/h1-11,14-15,21,24H,12-13,16H2,(H,29,33)(H,30,34). The Balaban J connectivity index is 1.35. The van der Waals surface area contributed by atoms with Gasteiger partial charge in [-0.05, 0) is 35.6 Å². The van der Waals surface area contributed by atoms with Crippen LogP contribution in [0.15, 0.2) is 79.1 Å². The first-order valence-corrected chi connectivity index (χ1v) is 11.4. The van der Waals surface area contributed by atoms with Crippen molar-refractivity contribution in [2.75, 3.05) is 0 Å². The molecule has 2 unspecified atom stereocenters. The van der Waals surface area contributed by atoms with Crippen molar-refractivity contribution < 1.29 is 9.59 Å². The third kappa shape index (κ3) is 3.46. The Hall–Kier alpha value is -4.26. The maximum absolute atomic E-state index is 13.1. The number of nitrogens with zero attached hydrogens (tertiary/aromatic N) is 3. The minimum Gasteiger partial charge on any atom is -0.348 e. The van der Waals surface area contributed by atoms with Gasteiger partial charge in [0.2, 0.25) is 5.91 Å². The van der Waals surface area contributed by atoms with Crippen molar-refractivity contribution >= 4 is 11.8 Å². The smallest absolute Gasteiger partial charge is 0.270 e. The molecule has 7 nitrogen and oxygen atoms in total. The summed E-state index contributed by atoms with van der Waals surface area (Å²) in [5.41, 5.74) is 6.12. The van der Waals surface area contributed by atoms with Crippen molar-refractivity contribution in [2.45, 2.75) is 31.5 Å². The number of hydrogen-bond donors (Lipinski definition) is 2. The molecule has 0 spiro atoms. The van der Waals surface area contributed by atoms with E-state index in [-0.39, 0.29) is 30.4 Å². The van der Waals surface area contributed by atoms with Crippen LogP contribution in [0.25, 0.3) is 11.3 Å². The van der Waals surface area contributed by atoms with Gasteiger partial charge in [-0.2, -0.15) is 5.10 Å². The first kappa shape index (κ1) is 20.4. The van der Waals surface area contributed by atoms with Crippen molar-refractivity contribution in [3.63, 3.8) is 0 Å². The number of hydrogen-bond acceptors (Lipinski definition) is 4. The zero-order valence-electron chi connectivity index (χ0n) is 18.4. The lowest BCUT2D eigenvalue weighted by atomic mass is 9.98. The largest absolute Gasteiger partial charge is 0.348 e. The highest BCUT2D eigenvalue weighted by atomic mass is 16.2. The predicted molar refractivity (Wildman–Crippen MR) is 127 cm³/mol. The molecule has 4 aromatic rings. The van der Waals surface area contributed by atoms with E-state index in [1.165, 1.54) is 11.1 Å². The molecule has 0 bridgehead atoms. The van der Waals surface area contributed by atoms with Gasteiger partial charge in [0.05, 0.1) is 17.8 Å². The van der Waals surface area contributed by atoms with Gasteiger partial charge in [-0.1, -0.05) is 60.7 Å². The fourth-order valence-electron chi connectivity index (χ4n) is 5.06. The average Bonchev–Trinajstić information content (AvgIpc) is 3.55. The van der Waals surface area contributed by atoms with Crippen molar-refractivity contribution in [3.05, 3.63) is 107 Å². The van der Waals surface area contributed by atoms with Crippen molar-refractivity contribution in [3.8, 4) is 11.3 Å². The summed E-state index contributed by atoms with van der Waals surface area (Å²) < 4.78 is 1.54. The highest BCUT2D eigenvalue weighted by molar-refractivity contribution is 6.00. The lowest BCUT2D eigenvalue weighted by Gasteiger charge is -2.14. The number of nitrogens with one attached hydrogen (secondary N) is 2. The Labute approximate surface area is 196 Å². The lowest BCUT2D eigenvalue weighted by Crippen LogP contribution is -2.32. The Morgan fingerprint density at radius 3 is 2.71 bits per heavy atom. The van der Waals surface area contributed by atoms with Gasteiger partial charge >= 0.3 is 0 Å². The van der Waals surface area contributed by atoms with Gasteiger partial charge in [0.15, 0.2) is 0 Å². The summed E-state index contributed by atoms with van der Waals surface area (Å²) in [6.07, 6.45) is 5.28. The van der Waals surface area contributed by atoms with Crippen LogP contribution in [0.5, 0.6) is 0 Å². The second-order valence-electron chi connectivity index (χ2n) is 8.68. The summed E-state index contributed by atoms with van der Waals surface area (Å²) in [5.74, 6) is -0.401. The fraction of sp³-hybridized carbons (Fsp3) is 0.185. The molecule has 2 aromatic heterocycles. The number of benzene rings is 2. The van der Waals surface area contributed by atoms with Crippen LogP contribution in [0, 0.1) is 0 Å². The number of aryl methyl sites for hydroxylation is 1. The van der Waals surface area contributed by atoms with E-state index in [1.54, 1.807) is 17.1 Å². The molecular weight excluding hydrogens is 426 g/mol. The second-order valence-corrected chi connectivity index (χ2v) is 8.68. The quantitative estimate of drug-likeness (QED) is 0.487. The van der Waals surface area contributed by atoms with E-state index in [9.17, 15) is 9.59 Å². The van der Waals surface area contributed by atoms with Crippen LogP contribution in [-0.4, -0.2) is 26.6 Å². The van der Waals surface area contributed by atoms with E-state index in [0.717, 1.165) is 29.5 Å². The average molecular weight is 450 g/mol. The molecule has 6 rings (SSSR count). The van der Waals surface area contributed by atoms with Gasteiger partial charge in [-0.15, -0.1) is 0 Å². The number of rotatable bonds is 5. The van der Waals surface area contributed by atoms with Crippen LogP contribution >= 0.6 is 0 Å². The van der Waals surface area contributed by atoms with Crippen LogP contribution in [0.2, 0.25) is 0 Å². The van der Waals surface area contributed by atoms with Crippen LogP contribution in [0.3, 0.4) is 0 Å². The van der Waals surface area contributed by atoms with Crippen molar-refractivity contribution in [2.24, 2.45) is 0 Å². The Kier molecular flexibility index (Phi) is 4.95. The van der Waals surface area contributed by atoms with Crippen LogP contribution in [0.1, 0.15) is 51.2 Å². The van der Waals surface area contributed by atoms with Gasteiger partial charge in [0, 0.05) is 23.5 Å². The van der Waals surface area contributed by atoms with Crippen LogP contribution in [0.4, 0.5) is 0 Å². The summed E-state index contributed by atoms with van der Waals surface area (Å²) in [6.45, 7) is -0.0268. The highest BCUT2D eigenvalue weighted by Crippen LogP contribution is 2.38. The van der Waals surface area contributed by atoms with Crippen molar-refractivity contribution in [1.29, 1.82) is 0 Å². The number of fused-ring (bicyclic) bond motifs is 2. The fourth-order valence-corrected chi connectivity index (χ4v) is 5.06. The number of carbonyl (C=O) groups is 2. The third-order valence-electron chi connectivity index (χ3n) is 6.59. The Bertz CT molecular complexity index is 1380. The van der Waals surface area contributed by atoms with Crippen molar-refractivity contribution in [1.82, 2.24) is 25.4 Å². The zero-order valence-corrected chi connectivity index (χ0v) is 18.4. The zero-order chi connectivity index (χ0) is 23.1. The number of aromatic nitrogens is 3. The Morgan fingerprint density at radius 2 is 1.88 bits per heavy atom.